The molecule has 0 spiro atoms. The van der Waals surface area contributed by atoms with Crippen LogP contribution in [0.1, 0.15) is 43.6 Å². The molecule has 0 saturated carbocycles. The van der Waals surface area contributed by atoms with Gasteiger partial charge in [-0.1, -0.05) is 45.9 Å². The Labute approximate surface area is 111 Å². The van der Waals surface area contributed by atoms with E-state index < -0.39 is 0 Å². The molecular weight excluding hydrogens is 224 g/mol. The van der Waals surface area contributed by atoms with E-state index >= 15 is 0 Å². The molecule has 0 aromatic heterocycles. The van der Waals surface area contributed by atoms with Crippen LogP contribution in [0.2, 0.25) is 0 Å². The molecule has 102 valence electrons. The average molecular weight is 250 g/mol. The van der Waals surface area contributed by atoms with E-state index in [9.17, 15) is 4.79 Å². The van der Waals surface area contributed by atoms with E-state index in [2.05, 4.69) is 24.5 Å². The van der Waals surface area contributed by atoms with Crippen molar-refractivity contribution in [2.75, 3.05) is 13.1 Å². The lowest BCUT2D eigenvalue weighted by atomic mass is 10.1. The first-order valence-electron chi connectivity index (χ1n) is 6.68. The van der Waals surface area contributed by atoms with Crippen LogP contribution in [0.25, 0.3) is 0 Å². The summed E-state index contributed by atoms with van der Waals surface area (Å²) in [6.07, 6.45) is 0. The van der Waals surface area contributed by atoms with Crippen molar-refractivity contribution in [2.45, 2.75) is 40.7 Å². The molecule has 1 aromatic rings. The largest absolute Gasteiger partial charge is 0.351 e. The zero-order valence-electron chi connectivity index (χ0n) is 12.2. The van der Waals surface area contributed by atoms with Crippen molar-refractivity contribution >= 4 is 5.91 Å². The second-order valence-electron chi connectivity index (χ2n) is 4.18. The predicted molar refractivity (Wildman–Crippen MR) is 78.0 cm³/mol. The summed E-state index contributed by atoms with van der Waals surface area (Å²) in [6.45, 7) is 11.6. The van der Waals surface area contributed by atoms with Crippen LogP contribution >= 0.6 is 0 Å². The molecule has 3 heteroatoms. The van der Waals surface area contributed by atoms with Crippen molar-refractivity contribution in [1.29, 1.82) is 0 Å². The Morgan fingerprint density at radius 3 is 2.33 bits per heavy atom. The maximum Gasteiger partial charge on any atom is 0.251 e. The fraction of sp³-hybridized carbons (Fsp3) is 0.533. The van der Waals surface area contributed by atoms with Gasteiger partial charge in [0.15, 0.2) is 0 Å². The maximum absolute atomic E-state index is 11.8. The number of carbonyl (C=O) groups is 1. The Bertz CT molecular complexity index is 348. The molecule has 0 aliphatic carbocycles. The van der Waals surface area contributed by atoms with E-state index in [4.69, 9.17) is 0 Å². The van der Waals surface area contributed by atoms with Crippen LogP contribution in [0.4, 0.5) is 0 Å². The SMILES string of the molecule is CC.Cc1ccccc1C(=O)NCCNC(C)C. The summed E-state index contributed by atoms with van der Waals surface area (Å²) in [5.74, 6) is 0.00339. The summed E-state index contributed by atoms with van der Waals surface area (Å²) in [7, 11) is 0. The third-order valence-corrected chi connectivity index (χ3v) is 2.35. The summed E-state index contributed by atoms with van der Waals surface area (Å²) >= 11 is 0. The molecule has 0 atom stereocenters. The number of hydrogen-bond acceptors (Lipinski definition) is 2. The Morgan fingerprint density at radius 2 is 1.78 bits per heavy atom. The lowest BCUT2D eigenvalue weighted by Gasteiger charge is -2.10. The number of nitrogens with one attached hydrogen (secondary N) is 2. The van der Waals surface area contributed by atoms with Crippen molar-refractivity contribution < 1.29 is 4.79 Å². The van der Waals surface area contributed by atoms with E-state index in [1.165, 1.54) is 0 Å². The lowest BCUT2D eigenvalue weighted by molar-refractivity contribution is 0.0953. The number of hydrogen-bond donors (Lipinski definition) is 2. The van der Waals surface area contributed by atoms with Crippen LogP contribution in [0.5, 0.6) is 0 Å². The summed E-state index contributed by atoms with van der Waals surface area (Å²) in [5.41, 5.74) is 1.77. The summed E-state index contributed by atoms with van der Waals surface area (Å²) in [4.78, 5) is 11.8. The van der Waals surface area contributed by atoms with Gasteiger partial charge in [-0.15, -0.1) is 0 Å². The van der Waals surface area contributed by atoms with Crippen molar-refractivity contribution in [3.8, 4) is 0 Å². The highest BCUT2D eigenvalue weighted by atomic mass is 16.1. The Morgan fingerprint density at radius 1 is 1.17 bits per heavy atom. The molecule has 0 aliphatic heterocycles. The van der Waals surface area contributed by atoms with Gasteiger partial charge in [0.05, 0.1) is 0 Å². The standard InChI is InChI=1S/C13H20N2O.C2H6/c1-10(2)14-8-9-15-13(16)12-7-5-4-6-11(12)3;1-2/h4-7,10,14H,8-9H2,1-3H3,(H,15,16);1-2H3. The molecule has 0 fully saturated rings. The Balaban J connectivity index is 0.00000137. The van der Waals surface area contributed by atoms with Crippen LogP contribution in [-0.4, -0.2) is 25.0 Å². The molecular formula is C15H26N2O. The minimum Gasteiger partial charge on any atom is -0.351 e. The summed E-state index contributed by atoms with van der Waals surface area (Å²) < 4.78 is 0. The Hall–Kier alpha value is -1.35. The number of aryl methyl sites for hydroxylation is 1. The van der Waals surface area contributed by atoms with Gasteiger partial charge in [-0.2, -0.15) is 0 Å². The number of rotatable bonds is 5. The van der Waals surface area contributed by atoms with Gasteiger partial charge in [0.1, 0.15) is 0 Å². The fourth-order valence-corrected chi connectivity index (χ4v) is 1.46. The third kappa shape index (κ3) is 6.40. The van der Waals surface area contributed by atoms with Crippen molar-refractivity contribution in [2.24, 2.45) is 0 Å². The van der Waals surface area contributed by atoms with Gasteiger partial charge in [0.2, 0.25) is 0 Å². The number of benzene rings is 1. The van der Waals surface area contributed by atoms with Crippen LogP contribution < -0.4 is 10.6 Å². The van der Waals surface area contributed by atoms with E-state index in [-0.39, 0.29) is 5.91 Å². The van der Waals surface area contributed by atoms with Crippen LogP contribution in [0.3, 0.4) is 0 Å². The van der Waals surface area contributed by atoms with Crippen molar-refractivity contribution in [3.05, 3.63) is 35.4 Å². The quantitative estimate of drug-likeness (QED) is 0.789. The normalized spacial score (nSPS) is 9.67. The molecule has 0 radical (unpaired) electrons. The van der Waals surface area contributed by atoms with Gasteiger partial charge in [-0.3, -0.25) is 4.79 Å². The molecule has 1 aromatic carbocycles. The monoisotopic (exact) mass is 250 g/mol. The molecule has 18 heavy (non-hydrogen) atoms. The minimum atomic E-state index is 0.00339. The third-order valence-electron chi connectivity index (χ3n) is 2.35. The Kier molecular flexibility index (Phi) is 8.93. The molecule has 0 aliphatic rings. The van der Waals surface area contributed by atoms with Crippen LogP contribution in [0.15, 0.2) is 24.3 Å². The molecule has 0 saturated heterocycles. The second-order valence-corrected chi connectivity index (χ2v) is 4.18. The fourth-order valence-electron chi connectivity index (χ4n) is 1.46. The van der Waals surface area contributed by atoms with E-state index in [0.29, 0.717) is 12.6 Å². The van der Waals surface area contributed by atoms with E-state index in [0.717, 1.165) is 17.7 Å². The van der Waals surface area contributed by atoms with Gasteiger partial charge >= 0.3 is 0 Å². The van der Waals surface area contributed by atoms with Crippen molar-refractivity contribution in [3.63, 3.8) is 0 Å². The minimum absolute atomic E-state index is 0.00339. The highest BCUT2D eigenvalue weighted by Crippen LogP contribution is 2.05. The number of amides is 1. The first kappa shape index (κ1) is 16.6. The van der Waals surface area contributed by atoms with Crippen LogP contribution in [-0.2, 0) is 0 Å². The molecule has 2 N–H and O–H groups in total. The number of carbonyl (C=O) groups excluding carboxylic acids is 1. The van der Waals surface area contributed by atoms with E-state index in [1.54, 1.807) is 0 Å². The molecule has 0 bridgehead atoms. The van der Waals surface area contributed by atoms with E-state index in [1.807, 2.05) is 45.0 Å². The zero-order valence-corrected chi connectivity index (χ0v) is 12.2. The molecule has 1 rings (SSSR count). The molecule has 0 heterocycles. The second kappa shape index (κ2) is 9.66. The van der Waals surface area contributed by atoms with Gasteiger partial charge < -0.3 is 10.6 Å². The molecule has 0 unspecified atom stereocenters. The van der Waals surface area contributed by atoms with Crippen LogP contribution in [0, 0.1) is 6.92 Å². The highest BCUT2D eigenvalue weighted by molar-refractivity contribution is 5.95. The highest BCUT2D eigenvalue weighted by Gasteiger charge is 2.06. The average Bonchev–Trinajstić information content (AvgIpc) is 2.37. The summed E-state index contributed by atoms with van der Waals surface area (Å²) in [6, 6.07) is 8.07. The van der Waals surface area contributed by atoms with Crippen molar-refractivity contribution in [1.82, 2.24) is 10.6 Å². The maximum atomic E-state index is 11.8. The van der Waals surface area contributed by atoms with Gasteiger partial charge in [0.25, 0.3) is 5.91 Å². The zero-order chi connectivity index (χ0) is 14.0. The summed E-state index contributed by atoms with van der Waals surface area (Å²) in [5, 5.41) is 6.15. The predicted octanol–water partition coefficient (Wildman–Crippen LogP) is 2.75. The topological polar surface area (TPSA) is 41.1 Å². The first-order chi connectivity index (χ1) is 8.61. The first-order valence-corrected chi connectivity index (χ1v) is 6.68. The smallest absolute Gasteiger partial charge is 0.251 e. The van der Waals surface area contributed by atoms with Gasteiger partial charge in [-0.25, -0.2) is 0 Å². The van der Waals surface area contributed by atoms with Gasteiger partial charge in [0, 0.05) is 24.7 Å². The van der Waals surface area contributed by atoms with Gasteiger partial charge in [-0.05, 0) is 18.6 Å². The molecule has 3 nitrogen and oxygen atoms in total. The molecule has 1 amide bonds. The lowest BCUT2D eigenvalue weighted by Crippen LogP contribution is -2.34.